The number of nitrogens with one attached hydrogen (secondary N) is 12. The molecule has 1 saturated heterocycles. The van der Waals surface area contributed by atoms with Gasteiger partial charge in [-0.3, -0.25) is 71.9 Å². The SMILES string of the molecule is CC(=O)O.CC[C@H](C)[C@H](NC(=O)[C@H](CC(C)C)NC(=O)[C@@H]1CCCN1C(=O)[C@H](CC(C)C)NC(=O)[C@@H](N)Cc1ccccc1)C(=O)N[C@@H](CC(C)C)C(=O)NCC(=O)N[C@@H](CCCCN)C(=O)N[C@@H](CC(C)C)C(=O)N[C@H](C(=O)N[C@@H](CCCCN)C(=O)NCC(=O)N[C@@H](CC(C)C)C(=O)N[C@@H](CC(C)C)C(N)=O)C(C)C. The molecule has 1 heterocycles. The summed E-state index contributed by atoms with van der Waals surface area (Å²) in [6.45, 7) is 29.8. The number of amides is 14. The summed E-state index contributed by atoms with van der Waals surface area (Å²) in [5.41, 5.74) is 24.3. The van der Waals surface area contributed by atoms with Gasteiger partial charge in [-0.25, -0.2) is 0 Å². The fourth-order valence-corrected chi connectivity index (χ4v) is 12.6. The average Bonchev–Trinajstić information content (AvgIpc) is 1.88. The first-order valence-corrected chi connectivity index (χ1v) is 40.0. The molecule has 21 N–H and O–H groups in total. The largest absolute Gasteiger partial charge is 0.481 e. The Hall–Kier alpha value is -8.85. The second-order valence-electron chi connectivity index (χ2n) is 32.4. The van der Waals surface area contributed by atoms with Crippen molar-refractivity contribution < 1.29 is 77.0 Å². The maximum absolute atomic E-state index is 14.5. The van der Waals surface area contributed by atoms with Gasteiger partial charge in [0.2, 0.25) is 82.7 Å². The highest BCUT2D eigenvalue weighted by molar-refractivity contribution is 6.00. The highest BCUT2D eigenvalue weighted by Crippen LogP contribution is 2.23. The van der Waals surface area contributed by atoms with Crippen LogP contribution in [0.1, 0.15) is 220 Å². The Morgan fingerprint density at radius 3 is 1.26 bits per heavy atom. The first-order chi connectivity index (χ1) is 52.5. The van der Waals surface area contributed by atoms with Gasteiger partial charge in [0.25, 0.3) is 5.97 Å². The smallest absolute Gasteiger partial charge is 0.300 e. The van der Waals surface area contributed by atoms with Crippen LogP contribution in [0.4, 0.5) is 0 Å². The first kappa shape index (κ1) is 101. The van der Waals surface area contributed by atoms with Crippen LogP contribution in [-0.2, 0) is 78.3 Å². The lowest BCUT2D eigenvalue weighted by Gasteiger charge is -2.32. The molecule has 0 aliphatic carbocycles. The van der Waals surface area contributed by atoms with E-state index in [1.165, 1.54) is 4.90 Å². The van der Waals surface area contributed by atoms with Crippen molar-refractivity contribution in [2.75, 3.05) is 32.7 Å². The topological polar surface area (TPSA) is 528 Å². The van der Waals surface area contributed by atoms with Gasteiger partial charge in [-0.1, -0.05) is 148 Å². The van der Waals surface area contributed by atoms with E-state index in [0.717, 1.165) is 12.5 Å². The number of aliphatic carboxylic acids is 1. The van der Waals surface area contributed by atoms with E-state index < -0.39 is 186 Å². The first-order valence-electron chi connectivity index (χ1n) is 40.0. The van der Waals surface area contributed by atoms with Gasteiger partial charge in [-0.2, -0.15) is 0 Å². The van der Waals surface area contributed by atoms with Crippen molar-refractivity contribution in [2.45, 2.75) is 293 Å². The van der Waals surface area contributed by atoms with Crippen molar-refractivity contribution >= 4 is 88.7 Å². The van der Waals surface area contributed by atoms with Crippen molar-refractivity contribution in [1.82, 2.24) is 68.7 Å². The fourth-order valence-electron chi connectivity index (χ4n) is 12.6. The maximum Gasteiger partial charge on any atom is 0.300 e. The van der Waals surface area contributed by atoms with Crippen molar-refractivity contribution in [3.63, 3.8) is 0 Å². The number of nitrogens with two attached hydrogens (primary N) is 4. The summed E-state index contributed by atoms with van der Waals surface area (Å²) in [5.74, 6) is -11.9. The van der Waals surface area contributed by atoms with Gasteiger partial charge in [-0.15, -0.1) is 0 Å². The van der Waals surface area contributed by atoms with E-state index in [-0.39, 0.29) is 113 Å². The highest BCUT2D eigenvalue weighted by atomic mass is 16.4. The molecule has 1 aromatic carbocycles. The molecule has 1 fully saturated rings. The van der Waals surface area contributed by atoms with E-state index >= 15 is 0 Å². The van der Waals surface area contributed by atoms with Gasteiger partial charge in [0, 0.05) is 13.5 Å². The monoisotopic (exact) mass is 1580 g/mol. The standard InChI is InChI=1S/C77H135N17O14.C2H4O2/c1-17-50(16)65(93-73(104)59(38-47(10)11)89-74(105)61-30-25-33-94(61)77(108)60(39-48(12)13)91-67(98)52(80)40-51-26-19-18-20-27-51)76(107)90-56(35-44(4)5)69(100)83-41-62(95)84-54(29-22-24-32-79)70(101)88-58(37-46(8)9)72(103)92-64(49(14)15)75(106)86-53(28-21-23-31-78)68(99)82-42-63(96)85-57(36-45(6)7)71(102)87-55(66(81)97)34-43(2)3;1-2(3)4/h18-20,26-27,43-50,52-61,64-65H,17,21-25,28-42,78-80H2,1-16H3,(H2,81,97)(H,82,99)(H,83,100)(H,84,95)(H,85,96)(H,86,106)(H,87,102)(H,88,101)(H,89,105)(H,90,107)(H,91,98)(H,92,103)(H,93,104);1H3,(H,3,4)/t50-,52-,53-,54-,55-,56-,57-,58-,59-,60-,61-,64-,65-;/m0./s1. The van der Waals surface area contributed by atoms with Crippen LogP contribution in [0, 0.1) is 47.3 Å². The normalized spacial score (nSPS) is 16.0. The molecule has 1 aromatic rings. The number of rotatable bonds is 51. The fraction of sp³-hybridized carbons (Fsp3) is 0.734. The number of hydrogen-bond acceptors (Lipinski definition) is 18. The number of carbonyl (C=O) groups is 15. The number of carboxylic acid groups (broad SMARTS) is 1. The number of benzene rings is 1. The molecule has 0 saturated carbocycles. The zero-order valence-electron chi connectivity index (χ0n) is 69.6. The molecule has 13 atom stereocenters. The van der Waals surface area contributed by atoms with Gasteiger partial charge in [0.1, 0.15) is 66.5 Å². The van der Waals surface area contributed by atoms with E-state index in [9.17, 15) is 67.1 Å². The Labute approximate surface area is 663 Å². The lowest BCUT2D eigenvalue weighted by atomic mass is 9.95. The molecule has 1 aliphatic heterocycles. The van der Waals surface area contributed by atoms with Gasteiger partial charge in [0.15, 0.2) is 0 Å². The van der Waals surface area contributed by atoms with Crippen LogP contribution < -0.4 is 86.7 Å². The molecule has 0 aromatic heterocycles. The summed E-state index contributed by atoms with van der Waals surface area (Å²) in [6, 6.07) is -4.22. The van der Waals surface area contributed by atoms with Crippen molar-refractivity contribution in [3.8, 4) is 0 Å². The maximum atomic E-state index is 14.5. The average molecular weight is 1580 g/mol. The van der Waals surface area contributed by atoms with Crippen molar-refractivity contribution in [3.05, 3.63) is 35.9 Å². The van der Waals surface area contributed by atoms with Crippen LogP contribution in [0.5, 0.6) is 0 Å². The minimum absolute atomic E-state index is 0.0153. The van der Waals surface area contributed by atoms with E-state index in [0.29, 0.717) is 44.9 Å². The second kappa shape index (κ2) is 53.2. The van der Waals surface area contributed by atoms with E-state index in [1.54, 1.807) is 20.8 Å². The predicted octanol–water partition coefficient (Wildman–Crippen LogP) is 1.44. The summed E-state index contributed by atoms with van der Waals surface area (Å²) in [6.07, 6.45) is 4.42. The van der Waals surface area contributed by atoms with Crippen molar-refractivity contribution in [2.24, 2.45) is 70.3 Å². The number of unbranched alkanes of at least 4 members (excludes halogenated alkanes) is 2. The quantitative estimate of drug-likeness (QED) is 0.0410. The molecule has 33 heteroatoms. The van der Waals surface area contributed by atoms with Gasteiger partial charge >= 0.3 is 0 Å². The Morgan fingerprint density at radius 2 is 0.804 bits per heavy atom. The molecule has 0 radical (unpaired) electrons. The number of hydrogen-bond donors (Lipinski definition) is 17. The van der Waals surface area contributed by atoms with Crippen LogP contribution >= 0.6 is 0 Å². The van der Waals surface area contributed by atoms with E-state index in [4.69, 9.17) is 32.8 Å². The Balaban J connectivity index is 0.0000153. The van der Waals surface area contributed by atoms with Crippen LogP contribution in [0.25, 0.3) is 0 Å². The second-order valence-corrected chi connectivity index (χ2v) is 32.4. The lowest BCUT2D eigenvalue weighted by molar-refractivity contribution is -0.142. The Morgan fingerprint density at radius 1 is 0.446 bits per heavy atom. The minimum Gasteiger partial charge on any atom is -0.481 e. The third-order valence-electron chi connectivity index (χ3n) is 18.6. The molecule has 0 unspecified atom stereocenters. The third-order valence-corrected chi connectivity index (χ3v) is 18.6. The molecule has 1 aliphatic rings. The molecular weight excluding hydrogens is 1440 g/mol. The molecule has 636 valence electrons. The molecule has 14 amide bonds. The number of nitrogens with zero attached hydrogens (tertiary/aromatic N) is 1. The minimum atomic E-state index is -1.26. The third kappa shape index (κ3) is 40.1. The summed E-state index contributed by atoms with van der Waals surface area (Å²) in [4.78, 5) is 205. The molecule has 0 spiro atoms. The zero-order valence-corrected chi connectivity index (χ0v) is 69.6. The number of primary amides is 1. The Bertz CT molecular complexity index is 3170. The van der Waals surface area contributed by atoms with Gasteiger partial charge in [-0.05, 0) is 162 Å². The molecular formula is C79H139N17O16. The highest BCUT2D eigenvalue weighted by Gasteiger charge is 2.42. The van der Waals surface area contributed by atoms with Crippen molar-refractivity contribution in [1.29, 1.82) is 0 Å². The van der Waals surface area contributed by atoms with Crippen LogP contribution in [-0.4, -0.2) is 204 Å². The zero-order chi connectivity index (χ0) is 85.2. The Kier molecular flexibility index (Phi) is 48.1. The summed E-state index contributed by atoms with van der Waals surface area (Å²) in [7, 11) is 0. The van der Waals surface area contributed by atoms with Gasteiger partial charge in [0.05, 0.1) is 19.1 Å². The van der Waals surface area contributed by atoms with Crippen LogP contribution in [0.2, 0.25) is 0 Å². The number of carboxylic acids is 1. The summed E-state index contributed by atoms with van der Waals surface area (Å²) < 4.78 is 0. The van der Waals surface area contributed by atoms with E-state index in [2.05, 4.69) is 63.8 Å². The summed E-state index contributed by atoms with van der Waals surface area (Å²) >= 11 is 0. The number of carbonyl (C=O) groups excluding carboxylic acids is 14. The molecule has 0 bridgehead atoms. The molecule has 33 nitrogen and oxygen atoms in total. The molecule has 112 heavy (non-hydrogen) atoms. The molecule has 2 rings (SSSR count). The predicted molar refractivity (Wildman–Crippen MR) is 428 cm³/mol. The summed E-state index contributed by atoms with van der Waals surface area (Å²) in [5, 5.41) is 40.1. The van der Waals surface area contributed by atoms with Crippen LogP contribution in [0.3, 0.4) is 0 Å². The lowest BCUT2D eigenvalue weighted by Crippen LogP contribution is -2.60. The number of likely N-dealkylation sites (tertiary alicyclic amines) is 1. The van der Waals surface area contributed by atoms with E-state index in [1.807, 2.05) is 120 Å². The van der Waals surface area contributed by atoms with Crippen LogP contribution in [0.15, 0.2) is 30.3 Å². The van der Waals surface area contributed by atoms with Gasteiger partial charge < -0.3 is 96.7 Å².